The van der Waals surface area contributed by atoms with Gasteiger partial charge in [-0.2, -0.15) is 0 Å². The van der Waals surface area contributed by atoms with Crippen molar-refractivity contribution in [3.63, 3.8) is 0 Å². The van der Waals surface area contributed by atoms with Gasteiger partial charge in [-0.15, -0.1) is 0 Å². The van der Waals surface area contributed by atoms with Crippen LogP contribution in [0.5, 0.6) is 0 Å². The summed E-state index contributed by atoms with van der Waals surface area (Å²) in [6.07, 6.45) is -0.176. The zero-order valence-electron chi connectivity index (χ0n) is 9.77. The van der Waals surface area contributed by atoms with E-state index in [0.717, 1.165) is 6.07 Å². The average molecular weight is 242 g/mol. The van der Waals surface area contributed by atoms with Crippen LogP contribution >= 0.6 is 0 Å². The Balaban J connectivity index is 2.75. The zero-order chi connectivity index (χ0) is 12.8. The molecule has 4 nitrogen and oxygen atoms in total. The second-order valence-electron chi connectivity index (χ2n) is 3.68. The van der Waals surface area contributed by atoms with Crippen molar-refractivity contribution in [3.8, 4) is 0 Å². The smallest absolute Gasteiger partial charge is 0.336 e. The van der Waals surface area contributed by atoms with E-state index in [1.807, 2.05) is 0 Å². The molecule has 17 heavy (non-hydrogen) atoms. The van der Waals surface area contributed by atoms with E-state index in [4.69, 9.17) is 14.6 Å². The number of hydrogen-bond donors (Lipinski definition) is 1. The summed E-state index contributed by atoms with van der Waals surface area (Å²) in [5.41, 5.74) is 0.372. The normalized spacial score (nSPS) is 12.4. The Morgan fingerprint density at radius 3 is 2.82 bits per heavy atom. The maximum Gasteiger partial charge on any atom is 0.336 e. The van der Waals surface area contributed by atoms with Crippen LogP contribution in [0.15, 0.2) is 18.2 Å². The third-order valence-corrected chi connectivity index (χ3v) is 2.22. The first-order valence-electron chi connectivity index (χ1n) is 5.17. The minimum atomic E-state index is -1.09. The summed E-state index contributed by atoms with van der Waals surface area (Å²) in [5, 5.41) is 8.92. The highest BCUT2D eigenvalue weighted by Crippen LogP contribution is 2.13. The predicted octanol–water partition coefficient (Wildman–Crippen LogP) is 2.08. The van der Waals surface area contributed by atoms with E-state index in [1.165, 1.54) is 12.1 Å². The second kappa shape index (κ2) is 6.32. The lowest BCUT2D eigenvalue weighted by atomic mass is 10.1. The summed E-state index contributed by atoms with van der Waals surface area (Å²) in [4.78, 5) is 10.9. The third kappa shape index (κ3) is 4.13. The Morgan fingerprint density at radius 2 is 2.24 bits per heavy atom. The molecule has 1 atom stereocenters. The van der Waals surface area contributed by atoms with E-state index in [1.54, 1.807) is 14.0 Å². The minimum absolute atomic E-state index is 0.0456. The van der Waals surface area contributed by atoms with Crippen LogP contribution in [-0.4, -0.2) is 30.9 Å². The molecule has 0 saturated heterocycles. The maximum absolute atomic E-state index is 13.0. The molecule has 0 aromatic heterocycles. The molecular weight excluding hydrogens is 227 g/mol. The van der Waals surface area contributed by atoms with Crippen molar-refractivity contribution in [1.29, 1.82) is 0 Å². The van der Waals surface area contributed by atoms with Gasteiger partial charge in [-0.25, -0.2) is 9.18 Å². The highest BCUT2D eigenvalue weighted by molar-refractivity contribution is 5.89. The average Bonchev–Trinajstić information content (AvgIpc) is 2.26. The fraction of sp³-hybridized carbons (Fsp3) is 0.417. The van der Waals surface area contributed by atoms with Crippen LogP contribution < -0.4 is 0 Å². The van der Waals surface area contributed by atoms with Gasteiger partial charge in [0.2, 0.25) is 0 Å². The number of hydrogen-bond acceptors (Lipinski definition) is 3. The van der Waals surface area contributed by atoms with Gasteiger partial charge in [-0.1, -0.05) is 0 Å². The van der Waals surface area contributed by atoms with Crippen molar-refractivity contribution in [2.24, 2.45) is 0 Å². The zero-order valence-corrected chi connectivity index (χ0v) is 9.77. The summed E-state index contributed by atoms with van der Waals surface area (Å²) in [6, 6.07) is 3.52. The number of carbonyl (C=O) groups is 1. The monoisotopic (exact) mass is 242 g/mol. The molecule has 0 bridgehead atoms. The number of rotatable bonds is 6. The van der Waals surface area contributed by atoms with Crippen LogP contribution in [0.3, 0.4) is 0 Å². The van der Waals surface area contributed by atoms with Crippen molar-refractivity contribution in [2.75, 3.05) is 13.7 Å². The number of methoxy groups -OCH3 is 1. The van der Waals surface area contributed by atoms with Crippen molar-refractivity contribution in [3.05, 3.63) is 35.1 Å². The Bertz CT molecular complexity index is 392. The minimum Gasteiger partial charge on any atom is -0.478 e. The van der Waals surface area contributed by atoms with Gasteiger partial charge >= 0.3 is 5.97 Å². The SMILES string of the molecule is COCC(C)OCc1cc(F)ccc1C(=O)O. The van der Waals surface area contributed by atoms with E-state index >= 15 is 0 Å². The lowest BCUT2D eigenvalue weighted by Crippen LogP contribution is -2.15. The van der Waals surface area contributed by atoms with E-state index in [2.05, 4.69) is 0 Å². The van der Waals surface area contributed by atoms with Gasteiger partial charge in [0.05, 0.1) is 24.9 Å². The third-order valence-electron chi connectivity index (χ3n) is 2.22. The Labute approximate surface area is 99.0 Å². The standard InChI is InChI=1S/C12H15FO4/c1-8(6-16-2)17-7-9-5-10(13)3-4-11(9)12(14)15/h3-5,8H,6-7H2,1-2H3,(H,14,15). The molecule has 1 aromatic rings. The molecular formula is C12H15FO4. The molecule has 0 spiro atoms. The number of carboxylic acids is 1. The highest BCUT2D eigenvalue weighted by atomic mass is 19.1. The molecule has 0 amide bonds. The number of benzene rings is 1. The first kappa shape index (κ1) is 13.6. The van der Waals surface area contributed by atoms with Crippen LogP contribution in [0.2, 0.25) is 0 Å². The summed E-state index contributed by atoms with van der Waals surface area (Å²) in [5.74, 6) is -1.57. The summed E-state index contributed by atoms with van der Waals surface area (Å²) in [6.45, 7) is 2.24. The molecule has 0 aliphatic heterocycles. The molecule has 1 rings (SSSR count). The van der Waals surface area contributed by atoms with E-state index in [0.29, 0.717) is 12.2 Å². The van der Waals surface area contributed by atoms with Crippen molar-refractivity contribution in [1.82, 2.24) is 0 Å². The molecule has 0 aliphatic carbocycles. The fourth-order valence-corrected chi connectivity index (χ4v) is 1.41. The molecule has 1 aromatic carbocycles. The molecule has 5 heteroatoms. The first-order chi connectivity index (χ1) is 8.04. The largest absolute Gasteiger partial charge is 0.478 e. The fourth-order valence-electron chi connectivity index (χ4n) is 1.41. The Morgan fingerprint density at radius 1 is 1.53 bits per heavy atom. The topological polar surface area (TPSA) is 55.8 Å². The molecule has 1 unspecified atom stereocenters. The van der Waals surface area contributed by atoms with Gasteiger partial charge in [0.25, 0.3) is 0 Å². The Hall–Kier alpha value is -1.46. The summed E-state index contributed by atoms with van der Waals surface area (Å²) < 4.78 is 23.2. The van der Waals surface area contributed by atoms with Crippen molar-refractivity contribution in [2.45, 2.75) is 19.6 Å². The van der Waals surface area contributed by atoms with Crippen LogP contribution in [-0.2, 0) is 16.1 Å². The number of carboxylic acid groups (broad SMARTS) is 1. The molecule has 0 saturated carbocycles. The Kier molecular flexibility index (Phi) is 5.06. The molecule has 0 heterocycles. The van der Waals surface area contributed by atoms with Gasteiger partial charge in [-0.3, -0.25) is 0 Å². The lowest BCUT2D eigenvalue weighted by Gasteiger charge is -2.13. The summed E-state index contributed by atoms with van der Waals surface area (Å²) in [7, 11) is 1.55. The van der Waals surface area contributed by atoms with Crippen LogP contribution in [0.1, 0.15) is 22.8 Å². The molecule has 0 fully saturated rings. The molecule has 94 valence electrons. The van der Waals surface area contributed by atoms with Gasteiger partial charge in [0.15, 0.2) is 0 Å². The van der Waals surface area contributed by atoms with Crippen LogP contribution in [0.25, 0.3) is 0 Å². The van der Waals surface area contributed by atoms with E-state index < -0.39 is 11.8 Å². The first-order valence-corrected chi connectivity index (χ1v) is 5.17. The quantitative estimate of drug-likeness (QED) is 0.829. The van der Waals surface area contributed by atoms with Crippen LogP contribution in [0, 0.1) is 5.82 Å². The number of aromatic carboxylic acids is 1. The molecule has 0 aliphatic rings. The lowest BCUT2D eigenvalue weighted by molar-refractivity contribution is -0.000611. The van der Waals surface area contributed by atoms with Gasteiger partial charge in [0.1, 0.15) is 5.82 Å². The van der Waals surface area contributed by atoms with Gasteiger partial charge in [0, 0.05) is 7.11 Å². The van der Waals surface area contributed by atoms with E-state index in [-0.39, 0.29) is 18.3 Å². The van der Waals surface area contributed by atoms with E-state index in [9.17, 15) is 9.18 Å². The number of ether oxygens (including phenoxy) is 2. The van der Waals surface area contributed by atoms with Crippen molar-refractivity contribution >= 4 is 5.97 Å². The summed E-state index contributed by atoms with van der Waals surface area (Å²) >= 11 is 0. The predicted molar refractivity (Wildman–Crippen MR) is 59.5 cm³/mol. The maximum atomic E-state index is 13.0. The number of halogens is 1. The van der Waals surface area contributed by atoms with Gasteiger partial charge in [-0.05, 0) is 30.7 Å². The highest BCUT2D eigenvalue weighted by Gasteiger charge is 2.12. The van der Waals surface area contributed by atoms with Gasteiger partial charge < -0.3 is 14.6 Å². The van der Waals surface area contributed by atoms with Crippen LogP contribution in [0.4, 0.5) is 4.39 Å². The van der Waals surface area contributed by atoms with Crippen molar-refractivity contribution < 1.29 is 23.8 Å². The molecule has 1 N–H and O–H groups in total. The molecule has 0 radical (unpaired) electrons. The second-order valence-corrected chi connectivity index (χ2v) is 3.68.